The largest absolute Gasteiger partial charge is 0.494 e. The van der Waals surface area contributed by atoms with Gasteiger partial charge in [0.25, 0.3) is 5.91 Å². The molecule has 0 aliphatic rings. The Bertz CT molecular complexity index is 1290. The Hall–Kier alpha value is -4.13. The van der Waals surface area contributed by atoms with Crippen LogP contribution in [0.3, 0.4) is 0 Å². The highest BCUT2D eigenvalue weighted by Gasteiger charge is 2.15. The van der Waals surface area contributed by atoms with E-state index in [1.807, 2.05) is 91.2 Å². The van der Waals surface area contributed by atoms with Gasteiger partial charge in [-0.3, -0.25) is 9.59 Å². The number of benzene rings is 3. The lowest BCUT2D eigenvalue weighted by Crippen LogP contribution is -2.27. The minimum atomic E-state index is -0.155. The van der Waals surface area contributed by atoms with Crippen LogP contribution >= 0.6 is 0 Å². The molecular formula is C27H28N4O3. The third-order valence-corrected chi connectivity index (χ3v) is 5.51. The van der Waals surface area contributed by atoms with Gasteiger partial charge in [-0.2, -0.15) is 0 Å². The summed E-state index contributed by atoms with van der Waals surface area (Å²) in [6.07, 6.45) is 0.503. The maximum absolute atomic E-state index is 12.8. The standard InChI is InChI=1S/C27H28N4O3/c1-3-34-21-14-12-20(13-15-21)29-26(32)18-31-24-11-7-6-10-23(24)30-25(31)16-17-28-27(33)22-9-5-4-8-19(22)2/h4-15H,3,16-18H2,1-2H3,(H,28,33)(H,29,32). The number of carbonyl (C=O) groups excluding carboxylic acids is 2. The number of hydrogen-bond donors (Lipinski definition) is 2. The van der Waals surface area contributed by atoms with Gasteiger partial charge in [0.1, 0.15) is 18.1 Å². The number of fused-ring (bicyclic) bond motifs is 1. The highest BCUT2D eigenvalue weighted by Crippen LogP contribution is 2.18. The first-order valence-electron chi connectivity index (χ1n) is 11.4. The zero-order valence-corrected chi connectivity index (χ0v) is 19.4. The van der Waals surface area contributed by atoms with Crippen molar-refractivity contribution in [2.45, 2.75) is 26.8 Å². The van der Waals surface area contributed by atoms with Gasteiger partial charge in [0.2, 0.25) is 5.91 Å². The lowest BCUT2D eigenvalue weighted by molar-refractivity contribution is -0.116. The summed E-state index contributed by atoms with van der Waals surface area (Å²) in [4.78, 5) is 30.1. The molecule has 2 N–H and O–H groups in total. The van der Waals surface area contributed by atoms with E-state index in [0.29, 0.717) is 30.8 Å². The second kappa shape index (κ2) is 10.7. The fourth-order valence-corrected chi connectivity index (χ4v) is 3.85. The van der Waals surface area contributed by atoms with Gasteiger partial charge in [-0.1, -0.05) is 30.3 Å². The van der Waals surface area contributed by atoms with E-state index in [-0.39, 0.29) is 18.4 Å². The van der Waals surface area contributed by atoms with E-state index in [1.165, 1.54) is 0 Å². The average Bonchev–Trinajstić information content (AvgIpc) is 3.18. The molecule has 174 valence electrons. The third-order valence-electron chi connectivity index (χ3n) is 5.51. The summed E-state index contributed by atoms with van der Waals surface area (Å²) >= 11 is 0. The molecule has 4 aromatic rings. The summed E-state index contributed by atoms with van der Waals surface area (Å²) < 4.78 is 7.35. The van der Waals surface area contributed by atoms with Crippen LogP contribution in [0.4, 0.5) is 5.69 Å². The van der Waals surface area contributed by atoms with Crippen LogP contribution in [0.1, 0.15) is 28.7 Å². The van der Waals surface area contributed by atoms with Crippen molar-refractivity contribution in [3.63, 3.8) is 0 Å². The molecule has 2 amide bonds. The number of aromatic nitrogens is 2. The monoisotopic (exact) mass is 456 g/mol. The van der Waals surface area contributed by atoms with Gasteiger partial charge in [0.05, 0.1) is 17.6 Å². The van der Waals surface area contributed by atoms with Crippen LogP contribution in [-0.2, 0) is 17.8 Å². The normalized spacial score (nSPS) is 10.8. The Labute approximate surface area is 198 Å². The molecule has 0 saturated heterocycles. The Morgan fingerprint density at radius 1 is 0.971 bits per heavy atom. The highest BCUT2D eigenvalue weighted by atomic mass is 16.5. The molecule has 0 radical (unpaired) electrons. The van der Waals surface area contributed by atoms with Gasteiger partial charge < -0.3 is 19.9 Å². The Morgan fingerprint density at radius 2 is 1.71 bits per heavy atom. The van der Waals surface area contributed by atoms with E-state index >= 15 is 0 Å². The van der Waals surface area contributed by atoms with Gasteiger partial charge in [-0.15, -0.1) is 0 Å². The molecule has 0 atom stereocenters. The molecular weight excluding hydrogens is 428 g/mol. The summed E-state index contributed by atoms with van der Waals surface area (Å²) in [5, 5.41) is 5.89. The SMILES string of the molecule is CCOc1ccc(NC(=O)Cn2c(CCNC(=O)c3ccccc3C)nc3ccccc32)cc1. The summed E-state index contributed by atoms with van der Waals surface area (Å²) in [5.74, 6) is 1.23. The summed E-state index contributed by atoms with van der Waals surface area (Å²) in [6.45, 7) is 4.97. The van der Waals surface area contributed by atoms with E-state index in [2.05, 4.69) is 10.6 Å². The van der Waals surface area contributed by atoms with Crippen LogP contribution < -0.4 is 15.4 Å². The zero-order chi connectivity index (χ0) is 23.9. The Balaban J connectivity index is 1.45. The number of nitrogens with zero attached hydrogens (tertiary/aromatic N) is 2. The molecule has 34 heavy (non-hydrogen) atoms. The summed E-state index contributed by atoms with van der Waals surface area (Å²) in [6, 6.07) is 22.5. The average molecular weight is 457 g/mol. The number of anilines is 1. The lowest BCUT2D eigenvalue weighted by Gasteiger charge is -2.11. The molecule has 0 fully saturated rings. The summed E-state index contributed by atoms with van der Waals surface area (Å²) in [7, 11) is 0. The van der Waals surface area contributed by atoms with Crippen molar-refractivity contribution >= 4 is 28.5 Å². The predicted octanol–water partition coefficient (Wildman–Crippen LogP) is 4.35. The summed E-state index contributed by atoms with van der Waals surface area (Å²) in [5.41, 5.74) is 3.98. The zero-order valence-electron chi connectivity index (χ0n) is 19.4. The molecule has 4 rings (SSSR count). The van der Waals surface area contributed by atoms with E-state index in [9.17, 15) is 9.59 Å². The van der Waals surface area contributed by atoms with Gasteiger partial charge in [0.15, 0.2) is 0 Å². The molecule has 0 unspecified atom stereocenters. The van der Waals surface area contributed by atoms with Crippen molar-refractivity contribution in [2.24, 2.45) is 0 Å². The van der Waals surface area contributed by atoms with E-state index in [0.717, 1.165) is 28.2 Å². The van der Waals surface area contributed by atoms with Gasteiger partial charge in [-0.05, 0) is 61.9 Å². The number of hydrogen-bond acceptors (Lipinski definition) is 4. The van der Waals surface area contributed by atoms with Gasteiger partial charge >= 0.3 is 0 Å². The van der Waals surface area contributed by atoms with Crippen LogP contribution in [0, 0.1) is 6.92 Å². The van der Waals surface area contributed by atoms with Crippen molar-refractivity contribution in [1.82, 2.24) is 14.9 Å². The minimum Gasteiger partial charge on any atom is -0.494 e. The number of nitrogens with one attached hydrogen (secondary N) is 2. The number of imidazole rings is 1. The molecule has 0 aliphatic carbocycles. The first-order chi connectivity index (χ1) is 16.5. The molecule has 0 bridgehead atoms. The predicted molar refractivity (Wildman–Crippen MR) is 133 cm³/mol. The molecule has 1 heterocycles. The topological polar surface area (TPSA) is 85.2 Å². The van der Waals surface area contributed by atoms with Crippen molar-refractivity contribution in [1.29, 1.82) is 0 Å². The second-order valence-electron chi connectivity index (χ2n) is 7.93. The molecule has 7 nitrogen and oxygen atoms in total. The van der Waals surface area contributed by atoms with Crippen molar-refractivity contribution in [3.8, 4) is 5.75 Å². The number of aryl methyl sites for hydroxylation is 1. The van der Waals surface area contributed by atoms with Gasteiger partial charge in [0, 0.05) is 24.2 Å². The first kappa shape index (κ1) is 23.0. The van der Waals surface area contributed by atoms with Gasteiger partial charge in [-0.25, -0.2) is 4.98 Å². The number of para-hydroxylation sites is 2. The molecule has 1 aromatic heterocycles. The molecule has 3 aromatic carbocycles. The first-order valence-corrected chi connectivity index (χ1v) is 11.4. The smallest absolute Gasteiger partial charge is 0.251 e. The number of amides is 2. The van der Waals surface area contributed by atoms with Crippen LogP contribution in [0.5, 0.6) is 5.75 Å². The van der Waals surface area contributed by atoms with Crippen LogP contribution in [-0.4, -0.2) is 34.5 Å². The second-order valence-corrected chi connectivity index (χ2v) is 7.93. The number of carbonyl (C=O) groups is 2. The quantitative estimate of drug-likeness (QED) is 0.392. The fourth-order valence-electron chi connectivity index (χ4n) is 3.85. The van der Waals surface area contributed by atoms with Crippen LogP contribution in [0.2, 0.25) is 0 Å². The molecule has 0 saturated carbocycles. The van der Waals surface area contributed by atoms with Crippen LogP contribution in [0.15, 0.2) is 72.8 Å². The Kier molecular flexibility index (Phi) is 7.22. The molecule has 0 aliphatic heterocycles. The number of rotatable bonds is 9. The molecule has 0 spiro atoms. The maximum atomic E-state index is 12.8. The third kappa shape index (κ3) is 5.43. The minimum absolute atomic E-state index is 0.117. The number of ether oxygens (including phenoxy) is 1. The highest BCUT2D eigenvalue weighted by molar-refractivity contribution is 5.95. The Morgan fingerprint density at radius 3 is 2.47 bits per heavy atom. The van der Waals surface area contributed by atoms with E-state index in [4.69, 9.17) is 9.72 Å². The van der Waals surface area contributed by atoms with Crippen LogP contribution in [0.25, 0.3) is 11.0 Å². The molecule has 7 heteroatoms. The van der Waals surface area contributed by atoms with Crippen molar-refractivity contribution in [2.75, 3.05) is 18.5 Å². The van der Waals surface area contributed by atoms with E-state index < -0.39 is 0 Å². The van der Waals surface area contributed by atoms with Crippen molar-refractivity contribution < 1.29 is 14.3 Å². The maximum Gasteiger partial charge on any atom is 0.251 e. The van der Waals surface area contributed by atoms with Crippen molar-refractivity contribution in [3.05, 3.63) is 89.7 Å². The lowest BCUT2D eigenvalue weighted by atomic mass is 10.1. The fraction of sp³-hybridized carbons (Fsp3) is 0.222. The van der Waals surface area contributed by atoms with E-state index in [1.54, 1.807) is 0 Å².